The van der Waals surface area contributed by atoms with Crippen molar-refractivity contribution in [1.29, 1.82) is 0 Å². The van der Waals surface area contributed by atoms with Gasteiger partial charge in [-0.25, -0.2) is 8.78 Å². The van der Waals surface area contributed by atoms with Crippen LogP contribution in [0.3, 0.4) is 0 Å². The molecule has 1 amide bonds. The Labute approximate surface area is 194 Å². The Morgan fingerprint density at radius 2 is 2.07 bits per heavy atom. The number of nitrogens with zero attached hydrogens (tertiary/aromatic N) is 3. The molecule has 168 valence electrons. The van der Waals surface area contributed by atoms with E-state index in [2.05, 4.69) is 15.5 Å². The van der Waals surface area contributed by atoms with E-state index in [-0.39, 0.29) is 29.9 Å². The van der Waals surface area contributed by atoms with Gasteiger partial charge in [0.15, 0.2) is 17.6 Å². The Balaban J connectivity index is 0.00000320. The van der Waals surface area contributed by atoms with Gasteiger partial charge in [0.05, 0.1) is 0 Å². The van der Waals surface area contributed by atoms with Crippen molar-refractivity contribution in [2.75, 3.05) is 50.7 Å². The third kappa shape index (κ3) is 6.95. The summed E-state index contributed by atoms with van der Waals surface area (Å²) in [5.74, 6) is -0.201. The van der Waals surface area contributed by atoms with Crippen LogP contribution < -0.4 is 15.5 Å². The SMILES string of the molecule is CCNC(=NCC1CCN(c2ccc(F)c(F)c2)C1)NCCCN1CCCC1=O.I. The zero-order valence-corrected chi connectivity index (χ0v) is 19.8. The first kappa shape index (κ1) is 24.6. The molecule has 0 aliphatic carbocycles. The standard InChI is InChI=1S/C21H31F2N5O.HI/c1-2-24-21(25-9-4-11-27-10-3-5-20(27)29)26-14-16-8-12-28(15-16)17-6-7-18(22)19(23)13-17;/h6-7,13,16H,2-5,8-12,14-15H2,1H3,(H2,24,25,26);1H. The Hall–Kier alpha value is -1.65. The molecule has 2 N–H and O–H groups in total. The zero-order chi connectivity index (χ0) is 20.6. The molecule has 30 heavy (non-hydrogen) atoms. The molecular weight excluding hydrogens is 503 g/mol. The van der Waals surface area contributed by atoms with Gasteiger partial charge in [0.2, 0.25) is 5.91 Å². The van der Waals surface area contributed by atoms with Crippen LogP contribution >= 0.6 is 24.0 Å². The number of guanidine groups is 1. The summed E-state index contributed by atoms with van der Waals surface area (Å²) in [6, 6.07) is 4.07. The Morgan fingerprint density at radius 3 is 2.77 bits per heavy atom. The van der Waals surface area contributed by atoms with Crippen LogP contribution in [0.25, 0.3) is 0 Å². The predicted octanol–water partition coefficient (Wildman–Crippen LogP) is 2.98. The monoisotopic (exact) mass is 535 g/mol. The summed E-state index contributed by atoms with van der Waals surface area (Å²) in [4.78, 5) is 20.3. The van der Waals surface area contributed by atoms with E-state index in [9.17, 15) is 13.6 Å². The minimum Gasteiger partial charge on any atom is -0.371 e. The number of benzene rings is 1. The first-order valence-electron chi connectivity index (χ1n) is 10.6. The lowest BCUT2D eigenvalue weighted by Gasteiger charge is -2.19. The highest BCUT2D eigenvalue weighted by Gasteiger charge is 2.23. The highest BCUT2D eigenvalue weighted by Crippen LogP contribution is 2.25. The van der Waals surface area contributed by atoms with Gasteiger partial charge in [-0.3, -0.25) is 9.79 Å². The van der Waals surface area contributed by atoms with Gasteiger partial charge in [-0.15, -0.1) is 24.0 Å². The van der Waals surface area contributed by atoms with Crippen molar-refractivity contribution >= 4 is 41.5 Å². The normalized spacial score (nSPS) is 19.2. The van der Waals surface area contributed by atoms with Crippen molar-refractivity contribution in [3.8, 4) is 0 Å². The maximum Gasteiger partial charge on any atom is 0.222 e. The van der Waals surface area contributed by atoms with Crippen molar-refractivity contribution in [2.24, 2.45) is 10.9 Å². The fourth-order valence-corrected chi connectivity index (χ4v) is 3.88. The van der Waals surface area contributed by atoms with E-state index in [1.807, 2.05) is 11.8 Å². The summed E-state index contributed by atoms with van der Waals surface area (Å²) < 4.78 is 26.6. The fourth-order valence-electron chi connectivity index (χ4n) is 3.88. The van der Waals surface area contributed by atoms with E-state index >= 15 is 0 Å². The van der Waals surface area contributed by atoms with E-state index in [1.165, 1.54) is 12.1 Å². The fraction of sp³-hybridized carbons (Fsp3) is 0.619. The van der Waals surface area contributed by atoms with Crippen LogP contribution in [0, 0.1) is 17.6 Å². The maximum absolute atomic E-state index is 13.5. The van der Waals surface area contributed by atoms with Gasteiger partial charge in [0.1, 0.15) is 0 Å². The van der Waals surface area contributed by atoms with E-state index in [4.69, 9.17) is 4.99 Å². The number of aliphatic imine (C=N–C) groups is 1. The second-order valence-electron chi connectivity index (χ2n) is 7.68. The predicted molar refractivity (Wildman–Crippen MR) is 127 cm³/mol. The largest absolute Gasteiger partial charge is 0.371 e. The molecule has 1 aromatic rings. The number of carbonyl (C=O) groups is 1. The molecule has 2 aliphatic rings. The molecular formula is C21H32F2IN5O. The van der Waals surface area contributed by atoms with Crippen molar-refractivity contribution in [1.82, 2.24) is 15.5 Å². The summed E-state index contributed by atoms with van der Waals surface area (Å²) in [5.41, 5.74) is 0.719. The Bertz CT molecular complexity index is 733. The van der Waals surface area contributed by atoms with E-state index in [0.717, 1.165) is 70.2 Å². The van der Waals surface area contributed by atoms with Gasteiger partial charge in [-0.2, -0.15) is 0 Å². The molecule has 0 saturated carbocycles. The van der Waals surface area contributed by atoms with Gasteiger partial charge in [0.25, 0.3) is 0 Å². The van der Waals surface area contributed by atoms with E-state index in [0.29, 0.717) is 18.9 Å². The minimum absolute atomic E-state index is 0. The molecule has 6 nitrogen and oxygen atoms in total. The third-order valence-corrected chi connectivity index (χ3v) is 5.47. The van der Waals surface area contributed by atoms with Gasteiger partial charge in [0, 0.05) is 64.0 Å². The lowest BCUT2D eigenvalue weighted by Crippen LogP contribution is -2.39. The second-order valence-corrected chi connectivity index (χ2v) is 7.68. The number of rotatable bonds is 8. The first-order valence-corrected chi connectivity index (χ1v) is 10.6. The number of anilines is 1. The van der Waals surface area contributed by atoms with Crippen LogP contribution in [0.1, 0.15) is 32.6 Å². The number of hydrogen-bond acceptors (Lipinski definition) is 3. The molecule has 9 heteroatoms. The number of amides is 1. The van der Waals surface area contributed by atoms with Crippen LogP contribution in [0.5, 0.6) is 0 Å². The lowest BCUT2D eigenvalue weighted by atomic mass is 10.1. The number of hydrogen-bond donors (Lipinski definition) is 2. The van der Waals surface area contributed by atoms with Crippen LogP contribution in [0.2, 0.25) is 0 Å². The molecule has 1 atom stereocenters. The number of carbonyl (C=O) groups excluding carboxylic acids is 1. The Morgan fingerprint density at radius 1 is 1.23 bits per heavy atom. The molecule has 3 rings (SSSR count). The zero-order valence-electron chi connectivity index (χ0n) is 17.5. The van der Waals surface area contributed by atoms with Crippen molar-refractivity contribution in [2.45, 2.75) is 32.6 Å². The molecule has 0 radical (unpaired) electrons. The quantitative estimate of drug-likeness (QED) is 0.233. The van der Waals surface area contributed by atoms with Crippen molar-refractivity contribution < 1.29 is 13.6 Å². The summed E-state index contributed by atoms with van der Waals surface area (Å²) in [6.07, 6.45) is 3.52. The van der Waals surface area contributed by atoms with Gasteiger partial charge >= 0.3 is 0 Å². The van der Waals surface area contributed by atoms with E-state index < -0.39 is 11.6 Å². The molecule has 2 heterocycles. The van der Waals surface area contributed by atoms with Gasteiger partial charge in [-0.1, -0.05) is 0 Å². The summed E-state index contributed by atoms with van der Waals surface area (Å²) in [7, 11) is 0. The molecule has 2 saturated heterocycles. The van der Waals surface area contributed by atoms with Crippen LogP contribution in [-0.4, -0.2) is 62.6 Å². The molecule has 2 aliphatic heterocycles. The molecule has 2 fully saturated rings. The summed E-state index contributed by atoms with van der Waals surface area (Å²) in [6.45, 7) is 7.52. The molecule has 0 spiro atoms. The van der Waals surface area contributed by atoms with Crippen molar-refractivity contribution in [3.05, 3.63) is 29.8 Å². The van der Waals surface area contributed by atoms with E-state index in [1.54, 1.807) is 6.07 Å². The number of halogens is 3. The topological polar surface area (TPSA) is 60.0 Å². The highest BCUT2D eigenvalue weighted by molar-refractivity contribution is 14.0. The minimum atomic E-state index is -0.815. The Kier molecular flexibility index (Phi) is 10.1. The second kappa shape index (κ2) is 12.3. The number of nitrogens with one attached hydrogen (secondary N) is 2. The third-order valence-electron chi connectivity index (χ3n) is 5.47. The van der Waals surface area contributed by atoms with Crippen LogP contribution in [-0.2, 0) is 4.79 Å². The smallest absolute Gasteiger partial charge is 0.222 e. The highest BCUT2D eigenvalue weighted by atomic mass is 127. The average molecular weight is 535 g/mol. The van der Waals surface area contributed by atoms with Gasteiger partial charge in [-0.05, 0) is 44.2 Å². The molecule has 1 unspecified atom stereocenters. The van der Waals surface area contributed by atoms with Gasteiger partial charge < -0.3 is 20.4 Å². The maximum atomic E-state index is 13.5. The molecule has 0 bridgehead atoms. The van der Waals surface area contributed by atoms with Crippen LogP contribution in [0.15, 0.2) is 23.2 Å². The summed E-state index contributed by atoms with van der Waals surface area (Å²) >= 11 is 0. The lowest BCUT2D eigenvalue weighted by molar-refractivity contribution is -0.127. The first-order chi connectivity index (χ1) is 14.1. The molecule has 1 aromatic carbocycles. The van der Waals surface area contributed by atoms with Crippen molar-refractivity contribution in [3.63, 3.8) is 0 Å². The van der Waals surface area contributed by atoms with Crippen LogP contribution in [0.4, 0.5) is 14.5 Å². The average Bonchev–Trinajstić information content (AvgIpc) is 3.34. The summed E-state index contributed by atoms with van der Waals surface area (Å²) in [5, 5.41) is 6.59. The number of likely N-dealkylation sites (tertiary alicyclic amines) is 1. The molecule has 0 aromatic heterocycles.